The highest BCUT2D eigenvalue weighted by Crippen LogP contribution is 2.64. The molecule has 8 heteroatoms. The Bertz CT molecular complexity index is 306. The minimum absolute atomic E-state index is 0.651. The molecule has 0 aromatic carbocycles. The second kappa shape index (κ2) is 2.77. The maximum Gasteiger partial charge on any atom is 0.459 e. The van der Waals surface area contributed by atoms with Gasteiger partial charge in [-0.1, -0.05) is 0 Å². The molecular formula is C7H4F7N. The highest BCUT2D eigenvalue weighted by Gasteiger charge is 2.82. The summed E-state index contributed by atoms with van der Waals surface area (Å²) in [5.41, 5.74) is -2.87. The zero-order valence-electron chi connectivity index (χ0n) is 7.01. The van der Waals surface area contributed by atoms with E-state index in [1.165, 1.54) is 0 Å². The molecule has 1 fully saturated rings. The molecule has 86 valence electrons. The van der Waals surface area contributed by atoms with Crippen molar-refractivity contribution in [2.75, 3.05) is 0 Å². The van der Waals surface area contributed by atoms with Crippen molar-refractivity contribution in [2.24, 2.45) is 5.41 Å². The van der Waals surface area contributed by atoms with E-state index >= 15 is 0 Å². The van der Waals surface area contributed by atoms with Crippen LogP contribution in [-0.4, -0.2) is 18.0 Å². The molecule has 0 saturated heterocycles. The van der Waals surface area contributed by atoms with Crippen LogP contribution in [0.5, 0.6) is 0 Å². The van der Waals surface area contributed by atoms with Crippen LogP contribution in [0.2, 0.25) is 0 Å². The highest BCUT2D eigenvalue weighted by molar-refractivity contribution is 5.21. The Kier molecular flexibility index (Phi) is 2.23. The molecule has 1 aliphatic rings. The molecule has 0 aliphatic heterocycles. The lowest BCUT2D eigenvalue weighted by molar-refractivity contribution is -0.365. The van der Waals surface area contributed by atoms with Gasteiger partial charge in [-0.25, -0.2) is 0 Å². The van der Waals surface area contributed by atoms with Crippen LogP contribution in [0.3, 0.4) is 0 Å². The van der Waals surface area contributed by atoms with Gasteiger partial charge >= 0.3 is 18.0 Å². The predicted octanol–water partition coefficient (Wildman–Crippen LogP) is 3.12. The first-order chi connectivity index (χ1) is 6.52. The van der Waals surface area contributed by atoms with E-state index < -0.39 is 36.3 Å². The van der Waals surface area contributed by atoms with E-state index in [-0.39, 0.29) is 0 Å². The summed E-state index contributed by atoms with van der Waals surface area (Å²) in [5.74, 6) is -11.6. The Balaban J connectivity index is 3.12. The van der Waals surface area contributed by atoms with Gasteiger partial charge in [0, 0.05) is 0 Å². The molecule has 0 atom stereocenters. The number of nitriles is 1. The first-order valence-corrected chi connectivity index (χ1v) is 3.75. The van der Waals surface area contributed by atoms with E-state index in [1.54, 1.807) is 0 Å². The topological polar surface area (TPSA) is 23.8 Å². The highest BCUT2D eigenvalue weighted by atomic mass is 19.4. The predicted molar refractivity (Wildman–Crippen MR) is 33.2 cm³/mol. The molecule has 1 aliphatic carbocycles. The summed E-state index contributed by atoms with van der Waals surface area (Å²) in [7, 11) is 0. The first kappa shape index (κ1) is 12.1. The Morgan fingerprint density at radius 3 is 1.53 bits per heavy atom. The number of rotatable bonds is 2. The summed E-state index contributed by atoms with van der Waals surface area (Å²) in [4.78, 5) is 0. The van der Waals surface area contributed by atoms with Crippen molar-refractivity contribution in [3.8, 4) is 6.07 Å². The van der Waals surface area contributed by atoms with Gasteiger partial charge in [0.2, 0.25) is 0 Å². The standard InChI is InChI=1S/C7H4F7N/c8-5(9,4(3-15)1-2-4)6(10,11)7(12,13)14/h1-2H2. The summed E-state index contributed by atoms with van der Waals surface area (Å²) >= 11 is 0. The second-order valence-electron chi connectivity index (χ2n) is 3.34. The van der Waals surface area contributed by atoms with Crippen molar-refractivity contribution < 1.29 is 30.7 Å². The van der Waals surface area contributed by atoms with Crippen LogP contribution >= 0.6 is 0 Å². The molecule has 15 heavy (non-hydrogen) atoms. The van der Waals surface area contributed by atoms with Gasteiger partial charge < -0.3 is 0 Å². The molecule has 0 aromatic heterocycles. The van der Waals surface area contributed by atoms with Crippen LogP contribution in [0.15, 0.2) is 0 Å². The van der Waals surface area contributed by atoms with Crippen LogP contribution < -0.4 is 0 Å². The number of halogens is 7. The molecular weight excluding hydrogens is 231 g/mol. The fourth-order valence-corrected chi connectivity index (χ4v) is 1.10. The summed E-state index contributed by atoms with van der Waals surface area (Å²) < 4.78 is 85.6. The average molecular weight is 235 g/mol. The summed E-state index contributed by atoms with van der Waals surface area (Å²) in [6.45, 7) is 0. The number of hydrogen-bond acceptors (Lipinski definition) is 1. The van der Waals surface area contributed by atoms with Gasteiger partial charge in [-0.2, -0.15) is 36.0 Å². The lowest BCUT2D eigenvalue weighted by atomic mass is 9.93. The van der Waals surface area contributed by atoms with Crippen LogP contribution in [-0.2, 0) is 0 Å². The monoisotopic (exact) mass is 235 g/mol. The summed E-state index contributed by atoms with van der Waals surface area (Å²) in [6, 6.07) is 0.841. The molecule has 1 nitrogen and oxygen atoms in total. The van der Waals surface area contributed by atoms with E-state index in [9.17, 15) is 30.7 Å². The number of alkyl halides is 7. The van der Waals surface area contributed by atoms with Crippen LogP contribution in [0, 0.1) is 16.7 Å². The molecule has 0 unspecified atom stereocenters. The van der Waals surface area contributed by atoms with Gasteiger partial charge in [-0.05, 0) is 12.8 Å². The zero-order valence-corrected chi connectivity index (χ0v) is 7.01. The minimum Gasteiger partial charge on any atom is -0.198 e. The molecule has 0 aromatic rings. The van der Waals surface area contributed by atoms with Gasteiger partial charge in [0.05, 0.1) is 6.07 Å². The van der Waals surface area contributed by atoms with Crippen molar-refractivity contribution in [1.82, 2.24) is 0 Å². The molecule has 0 bridgehead atoms. The Hall–Kier alpha value is -1.00. The molecule has 1 rings (SSSR count). The van der Waals surface area contributed by atoms with Crippen molar-refractivity contribution in [1.29, 1.82) is 5.26 Å². The van der Waals surface area contributed by atoms with E-state index in [0.717, 1.165) is 6.07 Å². The zero-order chi connectivity index (χ0) is 12.1. The van der Waals surface area contributed by atoms with Crippen LogP contribution in [0.1, 0.15) is 12.8 Å². The third-order valence-corrected chi connectivity index (χ3v) is 2.32. The summed E-state index contributed by atoms with van der Waals surface area (Å²) in [6.07, 6.45) is -7.66. The Labute approximate surface area is 79.5 Å². The molecule has 0 radical (unpaired) electrons. The SMILES string of the molecule is N#CC1(C(F)(F)C(F)(F)C(F)(F)F)CC1. The van der Waals surface area contributed by atoms with Gasteiger partial charge in [0.1, 0.15) is 5.41 Å². The molecule has 1 saturated carbocycles. The minimum atomic E-state index is -6.36. The van der Waals surface area contributed by atoms with Crippen molar-refractivity contribution in [2.45, 2.75) is 30.9 Å². The third-order valence-electron chi connectivity index (χ3n) is 2.32. The molecule has 0 amide bonds. The lowest BCUT2D eigenvalue weighted by Crippen LogP contribution is -2.56. The number of hydrogen-bond donors (Lipinski definition) is 0. The second-order valence-corrected chi connectivity index (χ2v) is 3.34. The quantitative estimate of drug-likeness (QED) is 0.674. The molecule has 0 N–H and O–H groups in total. The van der Waals surface area contributed by atoms with Crippen LogP contribution in [0.4, 0.5) is 30.7 Å². The van der Waals surface area contributed by atoms with E-state index in [2.05, 4.69) is 0 Å². The van der Waals surface area contributed by atoms with Gasteiger partial charge in [0.15, 0.2) is 0 Å². The maximum atomic E-state index is 12.8. The van der Waals surface area contributed by atoms with Crippen molar-refractivity contribution in [3.05, 3.63) is 0 Å². The maximum absolute atomic E-state index is 12.8. The largest absolute Gasteiger partial charge is 0.459 e. The normalized spacial score (nSPS) is 20.9. The van der Waals surface area contributed by atoms with Crippen molar-refractivity contribution >= 4 is 0 Å². The third kappa shape index (κ3) is 1.36. The van der Waals surface area contributed by atoms with Gasteiger partial charge in [-0.3, -0.25) is 0 Å². The van der Waals surface area contributed by atoms with E-state index in [4.69, 9.17) is 5.26 Å². The van der Waals surface area contributed by atoms with Gasteiger partial charge in [0.25, 0.3) is 0 Å². The lowest BCUT2D eigenvalue weighted by Gasteiger charge is -2.30. The fourth-order valence-electron chi connectivity index (χ4n) is 1.10. The molecule has 0 spiro atoms. The Morgan fingerprint density at radius 1 is 0.933 bits per heavy atom. The fraction of sp³-hybridized carbons (Fsp3) is 0.857. The molecule has 0 heterocycles. The van der Waals surface area contributed by atoms with Crippen LogP contribution in [0.25, 0.3) is 0 Å². The van der Waals surface area contributed by atoms with Crippen molar-refractivity contribution in [3.63, 3.8) is 0 Å². The Morgan fingerprint density at radius 2 is 1.33 bits per heavy atom. The smallest absolute Gasteiger partial charge is 0.198 e. The summed E-state index contributed by atoms with van der Waals surface area (Å²) in [5, 5.41) is 8.19. The van der Waals surface area contributed by atoms with E-state index in [0.29, 0.717) is 0 Å². The first-order valence-electron chi connectivity index (χ1n) is 3.75. The average Bonchev–Trinajstić information content (AvgIpc) is 2.81. The number of nitrogens with zero attached hydrogens (tertiary/aromatic N) is 1. The van der Waals surface area contributed by atoms with E-state index in [1.807, 2.05) is 0 Å². The van der Waals surface area contributed by atoms with Gasteiger partial charge in [-0.15, -0.1) is 0 Å².